The first-order chi connectivity index (χ1) is 14.0. The summed E-state index contributed by atoms with van der Waals surface area (Å²) in [6, 6.07) is 4.84. The molecule has 1 heterocycles. The number of aromatic nitrogens is 1. The van der Waals surface area contributed by atoms with Gasteiger partial charge in [0.05, 0.1) is 32.2 Å². The summed E-state index contributed by atoms with van der Waals surface area (Å²) in [6.07, 6.45) is 10.2. The van der Waals surface area contributed by atoms with E-state index in [0.717, 1.165) is 0 Å². The quantitative estimate of drug-likeness (QED) is 0.282. The van der Waals surface area contributed by atoms with Crippen molar-refractivity contribution in [1.29, 1.82) is 10.8 Å². The Bertz CT molecular complexity index is 903. The second-order valence-corrected chi connectivity index (χ2v) is 7.71. The molecule has 0 saturated heterocycles. The second kappa shape index (κ2) is 18.4. The third kappa shape index (κ3) is 12.9. The number of rotatable bonds is 2. The number of allylic oxidation sites excluding steroid dienone is 8. The third-order valence-corrected chi connectivity index (χ3v) is 4.97. The van der Waals surface area contributed by atoms with Crippen LogP contribution in [0.15, 0.2) is 64.7 Å². The molecule has 2 aliphatic carbocycles. The molecule has 0 bridgehead atoms. The number of ketones is 2. The molecule has 0 radical (unpaired) electrons. The van der Waals surface area contributed by atoms with Gasteiger partial charge in [-0.15, -0.1) is 23.2 Å². The summed E-state index contributed by atoms with van der Waals surface area (Å²) in [5, 5.41) is 14.6. The first-order valence-corrected chi connectivity index (χ1v) is 10.2. The van der Waals surface area contributed by atoms with Crippen molar-refractivity contribution in [3.8, 4) is 0 Å². The van der Waals surface area contributed by atoms with Crippen molar-refractivity contribution < 1.29 is 51.5 Å². The monoisotopic (exact) mass is 611 g/mol. The van der Waals surface area contributed by atoms with Crippen LogP contribution in [0.4, 0.5) is 0 Å². The molecule has 0 aromatic carbocycles. The summed E-state index contributed by atoms with van der Waals surface area (Å²) < 4.78 is 0. The number of Topliss-reactive ketones (excluding diaryl/α,β-unsaturated/α-hetero) is 2. The molecule has 0 saturated carbocycles. The maximum Gasteiger partial charge on any atom is 2.00 e. The molecule has 2 atom stereocenters. The molecule has 0 amide bonds. The SMILES string of the molecule is CC(=O)c1cccc(C(C)=O)n1.N=C1C(Cl)=CC=CC1Cl.N=C1C(Cl)=CC=CC1Cl.[Cl-].[Cl-].[Fe+2]. The van der Waals surface area contributed by atoms with Crippen molar-refractivity contribution in [3.63, 3.8) is 0 Å². The number of hydrogen-bond donors (Lipinski definition) is 2. The summed E-state index contributed by atoms with van der Waals surface area (Å²) in [7, 11) is 0. The number of pyridine rings is 1. The van der Waals surface area contributed by atoms with Crippen LogP contribution in [0.2, 0.25) is 0 Å². The van der Waals surface area contributed by atoms with Crippen molar-refractivity contribution in [2.75, 3.05) is 0 Å². The molecule has 12 heteroatoms. The maximum atomic E-state index is 10.8. The van der Waals surface area contributed by atoms with Gasteiger partial charge in [0.15, 0.2) is 11.6 Å². The molecule has 180 valence electrons. The summed E-state index contributed by atoms with van der Waals surface area (Å²) >= 11 is 22.4. The van der Waals surface area contributed by atoms with Crippen molar-refractivity contribution in [3.05, 3.63) is 76.1 Å². The van der Waals surface area contributed by atoms with Crippen molar-refractivity contribution in [1.82, 2.24) is 4.98 Å². The second-order valence-electron chi connectivity index (χ2n) is 5.95. The molecule has 0 aliphatic heterocycles. The molecule has 0 fully saturated rings. The topological polar surface area (TPSA) is 94.7 Å². The Kier molecular flexibility index (Phi) is 20.4. The van der Waals surface area contributed by atoms with Gasteiger partial charge in [-0.1, -0.05) is 53.6 Å². The predicted molar refractivity (Wildman–Crippen MR) is 125 cm³/mol. The number of carbonyl (C=O) groups excluding carboxylic acids is 2. The fraction of sp³-hybridized carbons (Fsp3) is 0.190. The molecule has 0 spiro atoms. The van der Waals surface area contributed by atoms with Crippen LogP contribution in [0, 0.1) is 10.8 Å². The predicted octanol–water partition coefficient (Wildman–Crippen LogP) is 0.104. The first kappa shape index (κ1) is 36.6. The van der Waals surface area contributed by atoms with E-state index >= 15 is 0 Å². The summed E-state index contributed by atoms with van der Waals surface area (Å²) in [5.41, 5.74) is 1.23. The summed E-state index contributed by atoms with van der Waals surface area (Å²) in [6.45, 7) is 2.85. The number of halogens is 6. The Labute approximate surface area is 236 Å². The van der Waals surface area contributed by atoms with Gasteiger partial charge in [-0.2, -0.15) is 0 Å². The van der Waals surface area contributed by atoms with E-state index in [1.807, 2.05) is 0 Å². The van der Waals surface area contributed by atoms with E-state index in [2.05, 4.69) is 4.98 Å². The van der Waals surface area contributed by atoms with Gasteiger partial charge < -0.3 is 35.6 Å². The maximum absolute atomic E-state index is 10.8. The van der Waals surface area contributed by atoms with Crippen LogP contribution in [0.25, 0.3) is 0 Å². The first-order valence-electron chi connectivity index (χ1n) is 8.57. The summed E-state index contributed by atoms with van der Waals surface area (Å²) in [4.78, 5) is 25.6. The van der Waals surface area contributed by atoms with Gasteiger partial charge >= 0.3 is 17.1 Å². The molecule has 3 rings (SSSR count). The Morgan fingerprint density at radius 1 is 0.818 bits per heavy atom. The largest absolute Gasteiger partial charge is 2.00 e. The van der Waals surface area contributed by atoms with Gasteiger partial charge in [-0.3, -0.25) is 9.59 Å². The van der Waals surface area contributed by atoms with Gasteiger partial charge in [-0.05, 0) is 24.3 Å². The Morgan fingerprint density at radius 2 is 1.15 bits per heavy atom. The molecule has 2 N–H and O–H groups in total. The number of alkyl halides is 2. The van der Waals surface area contributed by atoms with E-state index in [0.29, 0.717) is 21.5 Å². The van der Waals surface area contributed by atoms with Crippen molar-refractivity contribution in [2.45, 2.75) is 24.6 Å². The Balaban J connectivity index is -0.000000396. The van der Waals surface area contributed by atoms with Crippen molar-refractivity contribution in [2.24, 2.45) is 0 Å². The normalized spacial score (nSPS) is 17.8. The van der Waals surface area contributed by atoms with E-state index in [4.69, 9.17) is 57.2 Å². The number of nitrogens with zero attached hydrogens (tertiary/aromatic N) is 1. The average molecular weight is 614 g/mol. The molecule has 1 aromatic rings. The standard InChI is InChI=1S/C9H9NO2.2C6H5Cl2N.2ClH.Fe/c1-6(11)8-4-3-5-9(10-8)7(2)12;2*7-4-2-1-3-5(8)6(4)9;;;/h3-5H,1-2H3;2*1-4,9H;2*1H;/q;;;;;+2/p-2. The Hall–Kier alpha value is -0.951. The van der Waals surface area contributed by atoms with Crippen LogP contribution in [0.5, 0.6) is 0 Å². The van der Waals surface area contributed by atoms with Crippen molar-refractivity contribution >= 4 is 69.4 Å². The zero-order chi connectivity index (χ0) is 22.8. The van der Waals surface area contributed by atoms with Gasteiger partial charge in [0, 0.05) is 13.8 Å². The van der Waals surface area contributed by atoms with Crippen LogP contribution >= 0.6 is 46.4 Å². The fourth-order valence-corrected chi connectivity index (χ4v) is 2.83. The van der Waals surface area contributed by atoms with Crippen LogP contribution in [-0.2, 0) is 17.1 Å². The molecule has 5 nitrogen and oxygen atoms in total. The fourth-order valence-electron chi connectivity index (χ4n) is 1.94. The van der Waals surface area contributed by atoms with E-state index in [1.54, 1.807) is 54.7 Å². The van der Waals surface area contributed by atoms with E-state index < -0.39 is 0 Å². The molecular weight excluding hydrogens is 595 g/mol. The van der Waals surface area contributed by atoms with Gasteiger partial charge in [0.25, 0.3) is 0 Å². The minimum Gasteiger partial charge on any atom is -1.00 e. The average Bonchev–Trinajstić information content (AvgIpc) is 2.71. The van der Waals surface area contributed by atoms with Crippen LogP contribution < -0.4 is 24.8 Å². The van der Waals surface area contributed by atoms with Crippen LogP contribution in [0.1, 0.15) is 34.8 Å². The van der Waals surface area contributed by atoms with Crippen LogP contribution in [0.3, 0.4) is 0 Å². The minimum absolute atomic E-state index is 0. The van der Waals surface area contributed by atoms with E-state index in [9.17, 15) is 9.59 Å². The summed E-state index contributed by atoms with van der Waals surface area (Å²) in [5.74, 6) is -0.254. The minimum atomic E-state index is -0.345. The van der Waals surface area contributed by atoms with Gasteiger partial charge in [0.2, 0.25) is 0 Å². The smallest absolute Gasteiger partial charge is 1.00 e. The molecule has 33 heavy (non-hydrogen) atoms. The van der Waals surface area contributed by atoms with E-state index in [1.165, 1.54) is 13.8 Å². The molecule has 2 aliphatic rings. The number of hydrogen-bond acceptors (Lipinski definition) is 5. The zero-order valence-corrected chi connectivity index (χ0v) is 22.9. The number of carbonyl (C=O) groups is 2. The zero-order valence-electron chi connectivity index (χ0n) is 17.2. The number of nitrogens with one attached hydrogen (secondary N) is 2. The van der Waals surface area contributed by atoms with E-state index in [-0.39, 0.29) is 75.6 Å². The van der Waals surface area contributed by atoms with Crippen LogP contribution in [-0.4, -0.2) is 38.7 Å². The molecular formula is C21H19Cl6FeN3O2. The third-order valence-electron chi connectivity index (χ3n) is 3.58. The molecule has 2 unspecified atom stereocenters. The van der Waals surface area contributed by atoms with Gasteiger partial charge in [0.1, 0.15) is 11.4 Å². The van der Waals surface area contributed by atoms with Gasteiger partial charge in [-0.25, -0.2) is 4.98 Å². The Morgan fingerprint density at radius 3 is 1.39 bits per heavy atom. The molecule has 1 aromatic heterocycles.